The normalized spacial score (nSPS) is 26.7. The fraction of sp³-hybridized carbons (Fsp3) is 1.00. The molecule has 2 aliphatic heterocycles. The summed E-state index contributed by atoms with van der Waals surface area (Å²) >= 11 is 0. The van der Waals surface area contributed by atoms with Crippen LogP contribution in [0.4, 0.5) is 0 Å². The van der Waals surface area contributed by atoms with E-state index in [2.05, 4.69) is 0 Å². The van der Waals surface area contributed by atoms with E-state index in [1.807, 2.05) is 0 Å². The standard InChI is InChI=1S/C15H30N2O4S2/c1-13(2)22(18,19)17-10-6-7-15(12-17)11-14(3)23(20,21)16-8-4-5-9-16/h13-15H,4-12H2,1-3H3. The van der Waals surface area contributed by atoms with Crippen molar-refractivity contribution in [3.63, 3.8) is 0 Å². The van der Waals surface area contributed by atoms with Crippen molar-refractivity contribution >= 4 is 20.0 Å². The van der Waals surface area contributed by atoms with E-state index >= 15 is 0 Å². The fourth-order valence-electron chi connectivity index (χ4n) is 3.54. The molecule has 2 unspecified atom stereocenters. The Morgan fingerprint density at radius 2 is 1.43 bits per heavy atom. The molecule has 0 bridgehead atoms. The van der Waals surface area contributed by atoms with Crippen LogP contribution < -0.4 is 0 Å². The molecule has 0 aromatic rings. The van der Waals surface area contributed by atoms with Gasteiger partial charge in [-0.05, 0) is 58.8 Å². The Kier molecular flexibility index (Phi) is 6.14. The van der Waals surface area contributed by atoms with Crippen LogP contribution in [0.2, 0.25) is 0 Å². The highest BCUT2D eigenvalue weighted by Gasteiger charge is 2.35. The zero-order valence-electron chi connectivity index (χ0n) is 14.4. The third-order valence-corrected chi connectivity index (χ3v) is 9.57. The average Bonchev–Trinajstić information content (AvgIpc) is 3.02. The van der Waals surface area contributed by atoms with Crippen LogP contribution in [0.15, 0.2) is 0 Å². The number of nitrogens with zero attached hydrogens (tertiary/aromatic N) is 2. The second-order valence-corrected chi connectivity index (χ2v) is 12.0. The molecule has 0 aromatic carbocycles. The van der Waals surface area contributed by atoms with Gasteiger partial charge in [-0.1, -0.05) is 0 Å². The third-order valence-electron chi connectivity index (χ3n) is 5.04. The monoisotopic (exact) mass is 366 g/mol. The maximum Gasteiger partial charge on any atom is 0.216 e. The summed E-state index contributed by atoms with van der Waals surface area (Å²) in [5.74, 6) is 0.129. The zero-order chi connectivity index (χ0) is 17.3. The van der Waals surface area contributed by atoms with Gasteiger partial charge in [0.15, 0.2) is 0 Å². The van der Waals surface area contributed by atoms with Crippen LogP contribution in [0.1, 0.15) is 52.9 Å². The van der Waals surface area contributed by atoms with E-state index in [1.165, 1.54) is 0 Å². The van der Waals surface area contributed by atoms with Gasteiger partial charge in [0.2, 0.25) is 20.0 Å². The lowest BCUT2D eigenvalue weighted by Gasteiger charge is -2.34. The van der Waals surface area contributed by atoms with Crippen LogP contribution >= 0.6 is 0 Å². The molecule has 0 spiro atoms. The molecule has 2 aliphatic rings. The van der Waals surface area contributed by atoms with Crippen molar-refractivity contribution in [2.24, 2.45) is 5.92 Å². The Morgan fingerprint density at radius 3 is 2.00 bits per heavy atom. The average molecular weight is 367 g/mol. The van der Waals surface area contributed by atoms with E-state index in [0.29, 0.717) is 32.6 Å². The molecule has 0 radical (unpaired) electrons. The highest BCUT2D eigenvalue weighted by atomic mass is 32.2. The van der Waals surface area contributed by atoms with Crippen molar-refractivity contribution in [1.82, 2.24) is 8.61 Å². The molecule has 2 saturated heterocycles. The van der Waals surface area contributed by atoms with Crippen molar-refractivity contribution in [3.05, 3.63) is 0 Å². The van der Waals surface area contributed by atoms with Gasteiger partial charge in [0.05, 0.1) is 10.5 Å². The van der Waals surface area contributed by atoms with Crippen LogP contribution in [0.5, 0.6) is 0 Å². The first-order chi connectivity index (χ1) is 10.7. The first-order valence-electron chi connectivity index (χ1n) is 8.63. The van der Waals surface area contributed by atoms with Gasteiger partial charge >= 0.3 is 0 Å². The second-order valence-electron chi connectivity index (χ2n) is 7.16. The molecule has 2 heterocycles. The summed E-state index contributed by atoms with van der Waals surface area (Å²) in [6.45, 7) is 7.43. The second kappa shape index (κ2) is 7.37. The molecule has 2 atom stereocenters. The predicted molar refractivity (Wildman–Crippen MR) is 92.2 cm³/mol. The molecule has 0 aromatic heterocycles. The Morgan fingerprint density at radius 1 is 0.870 bits per heavy atom. The Hall–Kier alpha value is -0.180. The SMILES string of the molecule is CC(C)S(=O)(=O)N1CCCC(CC(C)S(=O)(=O)N2CCCC2)C1. The molecule has 2 rings (SSSR count). The lowest BCUT2D eigenvalue weighted by Crippen LogP contribution is -2.44. The van der Waals surface area contributed by atoms with Crippen LogP contribution in [-0.2, 0) is 20.0 Å². The van der Waals surface area contributed by atoms with Crippen molar-refractivity contribution in [2.45, 2.75) is 63.4 Å². The van der Waals surface area contributed by atoms with Gasteiger partial charge in [0.1, 0.15) is 0 Å². The van der Waals surface area contributed by atoms with Crippen LogP contribution in [0.25, 0.3) is 0 Å². The highest BCUT2D eigenvalue weighted by molar-refractivity contribution is 7.90. The molecule has 0 aliphatic carbocycles. The van der Waals surface area contributed by atoms with Gasteiger partial charge in [0, 0.05) is 26.2 Å². The van der Waals surface area contributed by atoms with Crippen molar-refractivity contribution < 1.29 is 16.8 Å². The molecule has 0 saturated carbocycles. The van der Waals surface area contributed by atoms with Crippen LogP contribution in [-0.4, -0.2) is 62.1 Å². The lowest BCUT2D eigenvalue weighted by atomic mass is 9.95. The molecule has 6 nitrogen and oxygen atoms in total. The van der Waals surface area contributed by atoms with Crippen molar-refractivity contribution in [1.29, 1.82) is 0 Å². The number of hydrogen-bond acceptors (Lipinski definition) is 4. The minimum Gasteiger partial charge on any atom is -0.212 e. The quantitative estimate of drug-likeness (QED) is 0.716. The minimum absolute atomic E-state index is 0.129. The summed E-state index contributed by atoms with van der Waals surface area (Å²) in [6, 6.07) is 0. The van der Waals surface area contributed by atoms with Crippen molar-refractivity contribution in [3.8, 4) is 0 Å². The van der Waals surface area contributed by atoms with Gasteiger partial charge in [-0.2, -0.15) is 0 Å². The number of hydrogen-bond donors (Lipinski definition) is 0. The van der Waals surface area contributed by atoms with Gasteiger partial charge in [-0.25, -0.2) is 25.4 Å². The lowest BCUT2D eigenvalue weighted by molar-refractivity contribution is 0.252. The predicted octanol–water partition coefficient (Wildman–Crippen LogP) is 1.64. The molecule has 23 heavy (non-hydrogen) atoms. The van der Waals surface area contributed by atoms with E-state index in [9.17, 15) is 16.8 Å². The first kappa shape index (κ1) is 19.1. The fourth-order valence-corrected chi connectivity index (χ4v) is 6.73. The van der Waals surface area contributed by atoms with Gasteiger partial charge in [-0.3, -0.25) is 0 Å². The number of sulfonamides is 2. The van der Waals surface area contributed by atoms with Crippen LogP contribution in [0.3, 0.4) is 0 Å². The summed E-state index contributed by atoms with van der Waals surface area (Å²) in [5, 5.41) is -0.862. The van der Waals surface area contributed by atoms with E-state index in [1.54, 1.807) is 29.4 Å². The van der Waals surface area contributed by atoms with E-state index in [4.69, 9.17) is 0 Å². The largest absolute Gasteiger partial charge is 0.216 e. The third kappa shape index (κ3) is 4.27. The molecular weight excluding hydrogens is 336 g/mol. The van der Waals surface area contributed by atoms with Gasteiger partial charge < -0.3 is 0 Å². The minimum atomic E-state index is -3.25. The van der Waals surface area contributed by atoms with E-state index < -0.39 is 30.5 Å². The maximum atomic E-state index is 12.6. The van der Waals surface area contributed by atoms with Gasteiger partial charge in [0.25, 0.3) is 0 Å². The van der Waals surface area contributed by atoms with Crippen molar-refractivity contribution in [2.75, 3.05) is 26.2 Å². The Balaban J connectivity index is 2.00. The Labute approximate surface area is 141 Å². The first-order valence-corrected chi connectivity index (χ1v) is 11.6. The zero-order valence-corrected chi connectivity index (χ0v) is 16.1. The Bertz CT molecular complexity index is 595. The molecule has 2 fully saturated rings. The molecule has 136 valence electrons. The van der Waals surface area contributed by atoms with E-state index in [-0.39, 0.29) is 5.92 Å². The topological polar surface area (TPSA) is 74.8 Å². The highest BCUT2D eigenvalue weighted by Crippen LogP contribution is 2.28. The van der Waals surface area contributed by atoms with Crippen LogP contribution in [0, 0.1) is 5.92 Å². The molecule has 0 amide bonds. The van der Waals surface area contributed by atoms with Gasteiger partial charge in [-0.15, -0.1) is 0 Å². The van der Waals surface area contributed by atoms with E-state index in [0.717, 1.165) is 25.7 Å². The maximum absolute atomic E-state index is 12.6. The summed E-state index contributed by atoms with van der Waals surface area (Å²) in [4.78, 5) is 0. The smallest absolute Gasteiger partial charge is 0.212 e. The summed E-state index contributed by atoms with van der Waals surface area (Å²) < 4.78 is 53.0. The molecule has 8 heteroatoms. The number of piperidine rings is 1. The summed E-state index contributed by atoms with van der Waals surface area (Å²) in [7, 11) is -6.49. The molecule has 0 N–H and O–H groups in total. The number of rotatable bonds is 6. The summed E-state index contributed by atoms with van der Waals surface area (Å²) in [5.41, 5.74) is 0. The molecular formula is C15H30N2O4S2. The summed E-state index contributed by atoms with van der Waals surface area (Å²) in [6.07, 6.45) is 4.14.